The maximum atomic E-state index is 11.0. The highest BCUT2D eigenvalue weighted by Gasteiger charge is 2.29. The van der Waals surface area contributed by atoms with Crippen molar-refractivity contribution in [1.82, 2.24) is 9.97 Å². The second-order valence-corrected chi connectivity index (χ2v) is 6.84. The van der Waals surface area contributed by atoms with E-state index in [1.54, 1.807) is 6.08 Å². The van der Waals surface area contributed by atoms with Gasteiger partial charge in [-0.3, -0.25) is 4.79 Å². The largest absolute Gasteiger partial charge is 0.366 e. The summed E-state index contributed by atoms with van der Waals surface area (Å²) in [5.41, 5.74) is 10.7. The number of aromatic nitrogens is 2. The van der Waals surface area contributed by atoms with Crippen molar-refractivity contribution >= 4 is 17.9 Å². The molecule has 1 aromatic heterocycles. The Bertz CT molecular complexity index is 859. The number of nitrogens with zero attached hydrogens (tertiary/aromatic N) is 3. The number of aryl methyl sites for hydroxylation is 1. The third kappa shape index (κ3) is 3.02. The molecule has 0 radical (unpaired) electrons. The highest BCUT2D eigenvalue weighted by Crippen LogP contribution is 2.34. The highest BCUT2D eigenvalue weighted by molar-refractivity contribution is 5.90. The molecule has 128 valence electrons. The number of carbonyl (C=O) groups is 1. The number of carbonyl (C=O) groups excluding carboxylic acids is 1. The van der Waals surface area contributed by atoms with Crippen LogP contribution in [0.2, 0.25) is 0 Å². The molecule has 1 aliphatic heterocycles. The number of primary amides is 1. The van der Waals surface area contributed by atoms with Crippen LogP contribution in [0.25, 0.3) is 17.3 Å². The van der Waals surface area contributed by atoms with Gasteiger partial charge in [-0.05, 0) is 50.3 Å². The van der Waals surface area contributed by atoms with E-state index in [9.17, 15) is 4.79 Å². The third-order valence-corrected chi connectivity index (χ3v) is 5.10. The van der Waals surface area contributed by atoms with Gasteiger partial charge in [0.15, 0.2) is 0 Å². The molecule has 1 aliphatic carbocycles. The van der Waals surface area contributed by atoms with E-state index < -0.39 is 5.91 Å². The van der Waals surface area contributed by atoms with Gasteiger partial charge in [-0.15, -0.1) is 0 Å². The first-order valence-electron chi connectivity index (χ1n) is 8.86. The lowest BCUT2D eigenvalue weighted by atomic mass is 10.0. The van der Waals surface area contributed by atoms with Crippen LogP contribution in [0.5, 0.6) is 0 Å². The Kier molecular flexibility index (Phi) is 3.99. The van der Waals surface area contributed by atoms with Crippen molar-refractivity contribution in [3.8, 4) is 11.3 Å². The van der Waals surface area contributed by atoms with Gasteiger partial charge in [0.25, 0.3) is 0 Å². The van der Waals surface area contributed by atoms with E-state index in [1.807, 2.05) is 12.1 Å². The fourth-order valence-corrected chi connectivity index (χ4v) is 3.57. The van der Waals surface area contributed by atoms with Gasteiger partial charge in [-0.1, -0.05) is 18.2 Å². The number of hydrogen-bond donors (Lipinski definition) is 1. The van der Waals surface area contributed by atoms with E-state index in [4.69, 9.17) is 15.7 Å². The maximum absolute atomic E-state index is 11.0. The molecule has 1 atom stereocenters. The number of benzene rings is 1. The first-order chi connectivity index (χ1) is 12.1. The summed E-state index contributed by atoms with van der Waals surface area (Å²) >= 11 is 0. The topological polar surface area (TPSA) is 72.1 Å². The van der Waals surface area contributed by atoms with E-state index in [0.29, 0.717) is 6.04 Å². The van der Waals surface area contributed by atoms with Crippen LogP contribution in [0, 0.1) is 0 Å². The van der Waals surface area contributed by atoms with Gasteiger partial charge in [0.05, 0.1) is 5.69 Å². The molecule has 5 heteroatoms. The van der Waals surface area contributed by atoms with E-state index in [1.165, 1.54) is 23.8 Å². The molecule has 5 nitrogen and oxygen atoms in total. The van der Waals surface area contributed by atoms with Crippen molar-refractivity contribution in [3.63, 3.8) is 0 Å². The number of fused-ring (bicyclic) bond motifs is 1. The average Bonchev–Trinajstić information content (AvgIpc) is 3.06. The SMILES string of the molecule is C[C@H]1CCN1c1nc2c(c(-c3cccc(C=CC(N)=O)c3)n1)CCC2. The van der Waals surface area contributed by atoms with Gasteiger partial charge in [0.2, 0.25) is 11.9 Å². The Morgan fingerprint density at radius 3 is 2.92 bits per heavy atom. The van der Waals surface area contributed by atoms with Gasteiger partial charge in [-0.2, -0.15) is 0 Å². The van der Waals surface area contributed by atoms with Crippen LogP contribution in [-0.2, 0) is 17.6 Å². The lowest BCUT2D eigenvalue weighted by Crippen LogP contribution is -2.46. The molecule has 2 aliphatic rings. The molecule has 0 saturated carbocycles. The van der Waals surface area contributed by atoms with Crippen molar-refractivity contribution in [2.75, 3.05) is 11.4 Å². The normalized spacial score (nSPS) is 19.1. The fraction of sp³-hybridized carbons (Fsp3) is 0.350. The molecule has 1 aromatic carbocycles. The smallest absolute Gasteiger partial charge is 0.241 e. The highest BCUT2D eigenvalue weighted by atomic mass is 16.1. The second-order valence-electron chi connectivity index (χ2n) is 6.84. The Balaban J connectivity index is 1.77. The zero-order valence-electron chi connectivity index (χ0n) is 14.4. The van der Waals surface area contributed by atoms with E-state index >= 15 is 0 Å². The molecule has 0 spiro atoms. The first kappa shape index (κ1) is 15.8. The molecule has 0 unspecified atom stereocenters. The molecular weight excluding hydrogens is 312 g/mol. The second kappa shape index (κ2) is 6.31. The molecule has 25 heavy (non-hydrogen) atoms. The summed E-state index contributed by atoms with van der Waals surface area (Å²) in [6.45, 7) is 3.25. The van der Waals surface area contributed by atoms with Gasteiger partial charge in [-0.25, -0.2) is 9.97 Å². The summed E-state index contributed by atoms with van der Waals surface area (Å²) in [5.74, 6) is 0.412. The molecule has 1 fully saturated rings. The Morgan fingerprint density at radius 1 is 1.32 bits per heavy atom. The van der Waals surface area contributed by atoms with Crippen LogP contribution in [0.3, 0.4) is 0 Å². The minimum Gasteiger partial charge on any atom is -0.366 e. The Labute approximate surface area is 147 Å². The summed E-state index contributed by atoms with van der Waals surface area (Å²) in [6.07, 6.45) is 7.52. The van der Waals surface area contributed by atoms with Crippen LogP contribution in [0.15, 0.2) is 30.3 Å². The van der Waals surface area contributed by atoms with Crippen LogP contribution >= 0.6 is 0 Å². The minimum atomic E-state index is -0.442. The van der Waals surface area contributed by atoms with E-state index in [-0.39, 0.29) is 0 Å². The Hall–Kier alpha value is -2.69. The minimum absolute atomic E-state index is 0.442. The number of anilines is 1. The Morgan fingerprint density at radius 2 is 2.20 bits per heavy atom. The van der Waals surface area contributed by atoms with Gasteiger partial charge in [0.1, 0.15) is 0 Å². The molecule has 1 saturated heterocycles. The van der Waals surface area contributed by atoms with Crippen molar-refractivity contribution in [3.05, 3.63) is 47.2 Å². The summed E-state index contributed by atoms with van der Waals surface area (Å²) in [7, 11) is 0. The predicted octanol–water partition coefficient (Wildman–Crippen LogP) is 2.73. The van der Waals surface area contributed by atoms with Crippen molar-refractivity contribution in [2.45, 2.75) is 38.6 Å². The van der Waals surface area contributed by atoms with Gasteiger partial charge in [0, 0.05) is 35.5 Å². The lowest BCUT2D eigenvalue weighted by molar-refractivity contribution is -0.113. The summed E-state index contributed by atoms with van der Waals surface area (Å²) in [4.78, 5) is 23.0. The molecule has 2 heterocycles. The average molecular weight is 334 g/mol. The number of hydrogen-bond acceptors (Lipinski definition) is 4. The van der Waals surface area contributed by atoms with Gasteiger partial charge >= 0.3 is 0 Å². The molecule has 4 rings (SSSR count). The summed E-state index contributed by atoms with van der Waals surface area (Å²) < 4.78 is 0. The van der Waals surface area contributed by atoms with Crippen LogP contribution in [0.4, 0.5) is 5.95 Å². The molecule has 1 amide bonds. The number of amides is 1. The van der Waals surface area contributed by atoms with Crippen molar-refractivity contribution < 1.29 is 4.79 Å². The molecule has 2 aromatic rings. The van der Waals surface area contributed by atoms with Crippen LogP contribution < -0.4 is 10.6 Å². The number of nitrogens with two attached hydrogens (primary N) is 1. The summed E-state index contributed by atoms with van der Waals surface area (Å²) in [6, 6.07) is 8.60. The monoisotopic (exact) mass is 334 g/mol. The van der Waals surface area contributed by atoms with Gasteiger partial charge < -0.3 is 10.6 Å². The molecular formula is C20H22N4O. The zero-order chi connectivity index (χ0) is 17.4. The molecule has 2 N–H and O–H groups in total. The third-order valence-electron chi connectivity index (χ3n) is 5.10. The zero-order valence-corrected chi connectivity index (χ0v) is 14.4. The van der Waals surface area contributed by atoms with Crippen molar-refractivity contribution in [2.24, 2.45) is 5.73 Å². The molecule has 0 bridgehead atoms. The lowest BCUT2D eigenvalue weighted by Gasteiger charge is -2.39. The quantitative estimate of drug-likeness (QED) is 0.873. The van der Waals surface area contributed by atoms with Crippen LogP contribution in [0.1, 0.15) is 36.6 Å². The standard InChI is InChI=1S/C20H22N4O/c1-13-10-11-24(13)20-22-17-7-3-6-16(17)19(23-20)15-5-2-4-14(12-15)8-9-18(21)25/h2,4-5,8-9,12-13H,3,6-7,10-11H2,1H3,(H2,21,25)/t13-/m0/s1. The van der Waals surface area contributed by atoms with E-state index in [0.717, 1.165) is 48.6 Å². The van der Waals surface area contributed by atoms with Crippen molar-refractivity contribution in [1.29, 1.82) is 0 Å². The fourth-order valence-electron chi connectivity index (χ4n) is 3.57. The van der Waals surface area contributed by atoms with E-state index in [2.05, 4.69) is 24.0 Å². The summed E-state index contributed by atoms with van der Waals surface area (Å²) in [5, 5.41) is 0. The first-order valence-corrected chi connectivity index (χ1v) is 8.86. The predicted molar refractivity (Wildman–Crippen MR) is 99.1 cm³/mol. The maximum Gasteiger partial charge on any atom is 0.241 e. The number of rotatable bonds is 4. The van der Waals surface area contributed by atoms with Crippen LogP contribution in [-0.4, -0.2) is 28.5 Å².